The number of imidazole rings is 1. The summed E-state index contributed by atoms with van der Waals surface area (Å²) >= 11 is 6.21. The number of fused-ring (bicyclic) bond motifs is 2. The fourth-order valence-corrected chi connectivity index (χ4v) is 3.48. The Hall–Kier alpha value is -2.21. The van der Waals surface area contributed by atoms with Crippen LogP contribution in [0.4, 0.5) is 0 Å². The second-order valence-corrected chi connectivity index (χ2v) is 6.55. The maximum absolute atomic E-state index is 12.6. The minimum absolute atomic E-state index is 0.0746. The molecule has 0 fully saturated rings. The van der Waals surface area contributed by atoms with Gasteiger partial charge in [-0.25, -0.2) is 4.98 Å². The Morgan fingerprint density at radius 3 is 3.08 bits per heavy atom. The van der Waals surface area contributed by atoms with Gasteiger partial charge >= 0.3 is 0 Å². The van der Waals surface area contributed by atoms with Crippen LogP contribution in [0.3, 0.4) is 0 Å². The summed E-state index contributed by atoms with van der Waals surface area (Å²) in [5, 5.41) is 3.47. The molecule has 0 saturated heterocycles. The standard InChI is InChI=1S/C17H18ClN3O3/c1-10-8-21-9-12(2-3-15(21)19-10)20-17(22)11-6-13(18)16-14(7-11)23-4-5-24-16/h6-8,12H,2-5,9H2,1H3,(H,20,22). The smallest absolute Gasteiger partial charge is 0.251 e. The first kappa shape index (κ1) is 15.3. The fraction of sp³-hybridized carbons (Fsp3) is 0.412. The number of carbonyl (C=O) groups is 1. The SMILES string of the molecule is Cc1cn2c(n1)CCC(NC(=O)c1cc(Cl)c3c(c1)OCCO3)C2. The Balaban J connectivity index is 1.50. The Morgan fingerprint density at radius 1 is 1.38 bits per heavy atom. The average molecular weight is 348 g/mol. The van der Waals surface area contributed by atoms with E-state index in [1.807, 2.05) is 13.1 Å². The number of nitrogens with one attached hydrogen (secondary N) is 1. The predicted octanol–water partition coefficient (Wildman–Crippen LogP) is 2.36. The maximum atomic E-state index is 12.6. The molecule has 1 unspecified atom stereocenters. The molecule has 6 nitrogen and oxygen atoms in total. The van der Waals surface area contributed by atoms with Gasteiger partial charge in [0.15, 0.2) is 11.5 Å². The Kier molecular flexibility index (Phi) is 3.84. The summed E-state index contributed by atoms with van der Waals surface area (Å²) in [6.45, 7) is 3.64. The van der Waals surface area contributed by atoms with Crippen LogP contribution in [0, 0.1) is 6.92 Å². The summed E-state index contributed by atoms with van der Waals surface area (Å²) in [6.07, 6.45) is 3.76. The number of aryl methyl sites for hydroxylation is 2. The van der Waals surface area contributed by atoms with Crippen molar-refractivity contribution in [3.05, 3.63) is 40.4 Å². The molecule has 1 atom stereocenters. The van der Waals surface area contributed by atoms with E-state index in [0.29, 0.717) is 35.3 Å². The number of aromatic nitrogens is 2. The highest BCUT2D eigenvalue weighted by Gasteiger charge is 2.24. The van der Waals surface area contributed by atoms with E-state index in [1.54, 1.807) is 12.1 Å². The van der Waals surface area contributed by atoms with Crippen LogP contribution in [0.25, 0.3) is 0 Å². The third-order valence-electron chi connectivity index (χ3n) is 4.31. The van der Waals surface area contributed by atoms with Crippen molar-refractivity contribution >= 4 is 17.5 Å². The summed E-state index contributed by atoms with van der Waals surface area (Å²) in [7, 11) is 0. The zero-order chi connectivity index (χ0) is 16.7. The van der Waals surface area contributed by atoms with Crippen molar-refractivity contribution in [2.45, 2.75) is 32.4 Å². The Morgan fingerprint density at radius 2 is 2.21 bits per heavy atom. The molecule has 1 aromatic carbocycles. The van der Waals surface area contributed by atoms with Crippen LogP contribution < -0.4 is 14.8 Å². The van der Waals surface area contributed by atoms with E-state index in [9.17, 15) is 4.79 Å². The number of halogens is 1. The van der Waals surface area contributed by atoms with Gasteiger partial charge in [-0.1, -0.05) is 11.6 Å². The maximum Gasteiger partial charge on any atom is 0.251 e. The van der Waals surface area contributed by atoms with Gasteiger partial charge in [0, 0.05) is 30.8 Å². The number of rotatable bonds is 2. The molecular formula is C17H18ClN3O3. The van der Waals surface area contributed by atoms with Crippen molar-refractivity contribution in [1.82, 2.24) is 14.9 Å². The van der Waals surface area contributed by atoms with Gasteiger partial charge in [0.05, 0.1) is 10.7 Å². The van der Waals surface area contributed by atoms with Gasteiger partial charge in [0.25, 0.3) is 5.91 Å². The van der Waals surface area contributed by atoms with E-state index < -0.39 is 0 Å². The number of benzene rings is 1. The number of nitrogens with zero attached hydrogens (tertiary/aromatic N) is 2. The molecule has 4 rings (SSSR count). The molecule has 24 heavy (non-hydrogen) atoms. The molecule has 0 saturated carbocycles. The van der Waals surface area contributed by atoms with Gasteiger partial charge in [0.1, 0.15) is 19.0 Å². The van der Waals surface area contributed by atoms with Crippen molar-refractivity contribution < 1.29 is 14.3 Å². The van der Waals surface area contributed by atoms with Crippen molar-refractivity contribution in [1.29, 1.82) is 0 Å². The summed E-state index contributed by atoms with van der Waals surface area (Å²) in [5.41, 5.74) is 1.49. The number of carbonyl (C=O) groups excluding carboxylic acids is 1. The van der Waals surface area contributed by atoms with E-state index in [1.165, 1.54) is 0 Å². The molecule has 1 aromatic heterocycles. The van der Waals surface area contributed by atoms with E-state index in [-0.39, 0.29) is 11.9 Å². The minimum Gasteiger partial charge on any atom is -0.486 e. The molecule has 1 N–H and O–H groups in total. The molecular weight excluding hydrogens is 330 g/mol. The lowest BCUT2D eigenvalue weighted by Gasteiger charge is -2.25. The topological polar surface area (TPSA) is 65.4 Å². The average Bonchev–Trinajstić information content (AvgIpc) is 2.94. The lowest BCUT2D eigenvalue weighted by Crippen LogP contribution is -2.40. The monoisotopic (exact) mass is 347 g/mol. The van der Waals surface area contributed by atoms with Crippen LogP contribution in [-0.2, 0) is 13.0 Å². The first-order chi connectivity index (χ1) is 11.6. The highest BCUT2D eigenvalue weighted by molar-refractivity contribution is 6.32. The van der Waals surface area contributed by atoms with Gasteiger partial charge in [-0.2, -0.15) is 0 Å². The molecule has 1 amide bonds. The highest BCUT2D eigenvalue weighted by atomic mass is 35.5. The van der Waals surface area contributed by atoms with Crippen LogP contribution in [-0.4, -0.2) is 34.7 Å². The normalized spacial score (nSPS) is 18.8. The van der Waals surface area contributed by atoms with Crippen LogP contribution >= 0.6 is 11.6 Å². The largest absolute Gasteiger partial charge is 0.486 e. The van der Waals surface area contributed by atoms with Gasteiger partial charge in [-0.15, -0.1) is 0 Å². The molecule has 3 heterocycles. The van der Waals surface area contributed by atoms with Crippen LogP contribution in [0.15, 0.2) is 18.3 Å². The van der Waals surface area contributed by atoms with Crippen molar-refractivity contribution in [3.63, 3.8) is 0 Å². The third-order valence-corrected chi connectivity index (χ3v) is 4.59. The van der Waals surface area contributed by atoms with Crippen LogP contribution in [0.5, 0.6) is 11.5 Å². The first-order valence-electron chi connectivity index (χ1n) is 8.03. The molecule has 0 bridgehead atoms. The molecule has 2 aromatic rings. The molecule has 126 valence electrons. The summed E-state index contributed by atoms with van der Waals surface area (Å²) in [4.78, 5) is 17.1. The number of ether oxygens (including phenoxy) is 2. The van der Waals surface area contributed by atoms with E-state index in [0.717, 1.165) is 30.9 Å². The summed E-state index contributed by atoms with van der Waals surface area (Å²) in [5.74, 6) is 1.96. The summed E-state index contributed by atoms with van der Waals surface area (Å²) in [6, 6.07) is 3.39. The lowest BCUT2D eigenvalue weighted by molar-refractivity contribution is 0.0926. The van der Waals surface area contributed by atoms with Crippen molar-refractivity contribution in [2.24, 2.45) is 0 Å². The first-order valence-corrected chi connectivity index (χ1v) is 8.40. The lowest BCUT2D eigenvalue weighted by atomic mass is 10.1. The Bertz CT molecular complexity index is 803. The van der Waals surface area contributed by atoms with Gasteiger partial charge < -0.3 is 19.4 Å². The third kappa shape index (κ3) is 2.82. The number of amides is 1. The predicted molar refractivity (Wildman–Crippen MR) is 89.0 cm³/mol. The van der Waals surface area contributed by atoms with Gasteiger partial charge in [-0.3, -0.25) is 4.79 Å². The van der Waals surface area contributed by atoms with E-state index in [2.05, 4.69) is 14.9 Å². The van der Waals surface area contributed by atoms with Gasteiger partial charge in [-0.05, 0) is 25.5 Å². The van der Waals surface area contributed by atoms with Gasteiger partial charge in [0.2, 0.25) is 0 Å². The minimum atomic E-state index is -0.154. The van der Waals surface area contributed by atoms with Crippen molar-refractivity contribution in [3.8, 4) is 11.5 Å². The molecule has 7 heteroatoms. The molecule has 2 aliphatic rings. The number of hydrogen-bond acceptors (Lipinski definition) is 4. The van der Waals surface area contributed by atoms with Crippen LogP contribution in [0.2, 0.25) is 5.02 Å². The zero-order valence-corrected chi connectivity index (χ0v) is 14.1. The highest BCUT2D eigenvalue weighted by Crippen LogP contribution is 2.38. The fourth-order valence-electron chi connectivity index (χ4n) is 3.21. The zero-order valence-electron chi connectivity index (χ0n) is 13.3. The van der Waals surface area contributed by atoms with Crippen LogP contribution in [0.1, 0.15) is 28.3 Å². The van der Waals surface area contributed by atoms with E-state index >= 15 is 0 Å². The molecule has 0 radical (unpaired) electrons. The molecule has 0 spiro atoms. The Labute approximate surface area is 144 Å². The number of hydrogen-bond donors (Lipinski definition) is 1. The van der Waals surface area contributed by atoms with E-state index in [4.69, 9.17) is 21.1 Å². The molecule has 0 aliphatic carbocycles. The summed E-state index contributed by atoms with van der Waals surface area (Å²) < 4.78 is 13.1. The second kappa shape index (κ2) is 6.02. The quantitative estimate of drug-likeness (QED) is 0.905. The van der Waals surface area contributed by atoms with Crippen molar-refractivity contribution in [2.75, 3.05) is 13.2 Å². The second-order valence-electron chi connectivity index (χ2n) is 6.14. The molecule has 2 aliphatic heterocycles.